The van der Waals surface area contributed by atoms with E-state index < -0.39 is 55.0 Å². The van der Waals surface area contributed by atoms with E-state index in [0.29, 0.717) is 0 Å². The van der Waals surface area contributed by atoms with Crippen molar-refractivity contribution in [1.29, 1.82) is 0 Å². The fourth-order valence-corrected chi connectivity index (χ4v) is 2.72. The van der Waals surface area contributed by atoms with Crippen LogP contribution in [0.25, 0.3) is 0 Å². The lowest BCUT2D eigenvalue weighted by molar-refractivity contribution is -0.302. The Morgan fingerprint density at radius 3 is 2.48 bits per heavy atom. The smallest absolute Gasteiger partial charge is 0.449 e. The molecule has 1 fully saturated rings. The number of hydrogen-bond donors (Lipinski definition) is 4. The number of ketones is 1. The molecule has 0 spiro atoms. The second-order valence-electron chi connectivity index (χ2n) is 5.16. The summed E-state index contributed by atoms with van der Waals surface area (Å²) in [5, 5.41) is 39.4. The maximum absolute atomic E-state index is 13.1. The minimum atomic E-state index is -5.08. The molecule has 0 amide bonds. The third-order valence-electron chi connectivity index (χ3n) is 3.40. The number of allylic oxidation sites excluding steroid dienone is 2. The average Bonchev–Trinajstić information content (AvgIpc) is 3.08. The molecule has 1 saturated heterocycles. The highest BCUT2D eigenvalue weighted by Gasteiger charge is 2.47. The molecule has 0 saturated carbocycles. The van der Waals surface area contributed by atoms with Crippen LogP contribution in [0.5, 0.6) is 0 Å². The Hall–Kier alpha value is -1.50. The fourth-order valence-electron chi connectivity index (χ4n) is 2.08. The van der Waals surface area contributed by atoms with Gasteiger partial charge in [0.2, 0.25) is 12.0 Å². The molecule has 1 aliphatic heterocycles. The second-order valence-corrected chi connectivity index (χ2v) is 6.11. The van der Waals surface area contributed by atoms with E-state index in [1.54, 1.807) is 0 Å². The van der Waals surface area contributed by atoms with Crippen molar-refractivity contribution in [3.05, 3.63) is 34.2 Å². The van der Waals surface area contributed by atoms with Crippen molar-refractivity contribution in [2.75, 3.05) is 6.61 Å². The number of carbonyl (C=O) groups is 1. The average molecular weight is 384 g/mol. The first-order valence-corrected chi connectivity index (χ1v) is 7.87. The van der Waals surface area contributed by atoms with Gasteiger partial charge in [-0.15, -0.1) is 11.3 Å². The van der Waals surface area contributed by atoms with Crippen molar-refractivity contribution in [1.82, 2.24) is 0 Å². The van der Waals surface area contributed by atoms with E-state index in [1.165, 1.54) is 17.5 Å². The minimum Gasteiger partial charge on any atom is -0.457 e. The highest BCUT2D eigenvalue weighted by molar-refractivity contribution is 7.12. The molecule has 0 bridgehead atoms. The predicted molar refractivity (Wildman–Crippen MR) is 77.6 cm³/mol. The van der Waals surface area contributed by atoms with E-state index in [4.69, 9.17) is 9.84 Å². The lowest BCUT2D eigenvalue weighted by atomic mass is 9.99. The normalized spacial score (nSPS) is 31.0. The molecular weight excluding hydrogens is 369 g/mol. The van der Waals surface area contributed by atoms with E-state index in [2.05, 4.69) is 4.74 Å². The van der Waals surface area contributed by atoms with Crippen molar-refractivity contribution in [3.63, 3.8) is 0 Å². The number of halogens is 3. The van der Waals surface area contributed by atoms with Crippen LogP contribution in [0.15, 0.2) is 29.3 Å². The topological polar surface area (TPSA) is 116 Å². The van der Waals surface area contributed by atoms with Crippen LogP contribution in [0.3, 0.4) is 0 Å². The largest absolute Gasteiger partial charge is 0.457 e. The fraction of sp³-hybridized carbons (Fsp3) is 0.500. The molecule has 7 nitrogen and oxygen atoms in total. The van der Waals surface area contributed by atoms with Crippen LogP contribution >= 0.6 is 11.3 Å². The lowest BCUT2D eigenvalue weighted by Crippen LogP contribution is -2.59. The van der Waals surface area contributed by atoms with Crippen molar-refractivity contribution in [2.24, 2.45) is 0 Å². The van der Waals surface area contributed by atoms with E-state index in [1.807, 2.05) is 0 Å². The molecule has 1 aromatic heterocycles. The summed E-state index contributed by atoms with van der Waals surface area (Å²) in [5.74, 6) is -2.71. The van der Waals surface area contributed by atoms with Crippen LogP contribution in [0.2, 0.25) is 0 Å². The quantitative estimate of drug-likeness (QED) is 0.325. The van der Waals surface area contributed by atoms with Crippen LogP contribution in [0.1, 0.15) is 9.67 Å². The molecule has 2 heterocycles. The molecule has 0 aliphatic carbocycles. The highest BCUT2D eigenvalue weighted by Crippen LogP contribution is 2.32. The number of thiophene rings is 1. The standard InChI is InChI=1S/C14H15F3O7S/c15-14(16,17)9(4-6(19)8-2-1-3-25-8)24-13-12(22)11(21)10(20)7(5-18)23-13/h1-4,7,10-13,18,20-22H,5H2/b9-4-/t7-,10+,11+,12-,13?/m1/s1. The van der Waals surface area contributed by atoms with Gasteiger partial charge >= 0.3 is 6.18 Å². The van der Waals surface area contributed by atoms with E-state index in [-0.39, 0.29) is 11.0 Å². The first kappa shape index (κ1) is 19.8. The van der Waals surface area contributed by atoms with Crippen LogP contribution in [-0.2, 0) is 9.47 Å². The molecule has 25 heavy (non-hydrogen) atoms. The Labute approximate surface area is 143 Å². The van der Waals surface area contributed by atoms with Crippen molar-refractivity contribution in [2.45, 2.75) is 36.9 Å². The highest BCUT2D eigenvalue weighted by atomic mass is 32.1. The number of ether oxygens (including phenoxy) is 2. The van der Waals surface area contributed by atoms with Crippen LogP contribution < -0.4 is 0 Å². The summed E-state index contributed by atoms with van der Waals surface area (Å²) in [7, 11) is 0. The maximum Gasteiger partial charge on any atom is 0.449 e. The molecule has 5 atom stereocenters. The maximum atomic E-state index is 13.1. The SMILES string of the molecule is O=C(/C=C(\OC1O[C@H](CO)[C@H](O)[C@H](O)[C@H]1O)C(F)(F)F)c1cccs1. The van der Waals surface area contributed by atoms with Gasteiger partial charge in [0, 0.05) is 6.08 Å². The van der Waals surface area contributed by atoms with Gasteiger partial charge in [-0.25, -0.2) is 0 Å². The van der Waals surface area contributed by atoms with Gasteiger partial charge in [0.15, 0.2) is 5.78 Å². The van der Waals surface area contributed by atoms with Crippen molar-refractivity contribution in [3.8, 4) is 0 Å². The number of hydrogen-bond acceptors (Lipinski definition) is 8. The van der Waals surface area contributed by atoms with Gasteiger partial charge in [-0.1, -0.05) is 6.07 Å². The van der Waals surface area contributed by atoms with E-state index >= 15 is 0 Å². The summed E-state index contributed by atoms with van der Waals surface area (Å²) >= 11 is 0.931. The zero-order valence-electron chi connectivity index (χ0n) is 12.5. The number of aliphatic hydroxyl groups excluding tert-OH is 4. The molecule has 140 valence electrons. The predicted octanol–water partition coefficient (Wildman–Crippen LogP) is 0.193. The summed E-state index contributed by atoms with van der Waals surface area (Å²) in [6, 6.07) is 2.81. The van der Waals surface area contributed by atoms with Gasteiger partial charge in [0.05, 0.1) is 11.5 Å². The summed E-state index contributed by atoms with van der Waals surface area (Å²) in [5.41, 5.74) is 0. The van der Waals surface area contributed by atoms with Gasteiger partial charge in [-0.3, -0.25) is 4.79 Å². The number of rotatable bonds is 5. The Kier molecular flexibility index (Phi) is 6.19. The van der Waals surface area contributed by atoms with Gasteiger partial charge in [-0.2, -0.15) is 13.2 Å². The molecule has 1 unspecified atom stereocenters. The minimum absolute atomic E-state index is 0.0409. The molecule has 1 aliphatic rings. The van der Waals surface area contributed by atoms with Crippen LogP contribution in [-0.4, -0.2) is 69.7 Å². The Balaban J connectivity index is 2.23. The summed E-state index contributed by atoms with van der Waals surface area (Å²) in [6.45, 7) is -0.829. The first-order valence-electron chi connectivity index (χ1n) is 6.99. The Morgan fingerprint density at radius 2 is 1.96 bits per heavy atom. The molecule has 1 aromatic rings. The van der Waals surface area contributed by atoms with Gasteiger partial charge in [0.25, 0.3) is 0 Å². The molecule has 11 heteroatoms. The van der Waals surface area contributed by atoms with E-state index in [0.717, 1.165) is 11.3 Å². The second kappa shape index (κ2) is 7.81. The molecule has 0 aromatic carbocycles. The number of alkyl halides is 3. The summed E-state index contributed by atoms with van der Waals surface area (Å²) < 4.78 is 48.7. The molecule has 0 radical (unpaired) electrons. The van der Waals surface area contributed by atoms with Gasteiger partial charge in [-0.05, 0) is 11.4 Å². The Bertz CT molecular complexity index is 614. The van der Waals surface area contributed by atoms with Gasteiger partial charge in [0.1, 0.15) is 24.4 Å². The van der Waals surface area contributed by atoms with Crippen LogP contribution in [0, 0.1) is 0 Å². The van der Waals surface area contributed by atoms with Crippen molar-refractivity contribution >= 4 is 17.1 Å². The zero-order chi connectivity index (χ0) is 18.8. The van der Waals surface area contributed by atoms with Crippen molar-refractivity contribution < 1.29 is 47.9 Å². The summed E-state index contributed by atoms with van der Waals surface area (Å²) in [6.07, 6.45) is -14.0. The monoisotopic (exact) mass is 384 g/mol. The third-order valence-corrected chi connectivity index (χ3v) is 4.28. The molecular formula is C14H15F3O7S. The first-order chi connectivity index (χ1) is 11.6. The lowest BCUT2D eigenvalue weighted by Gasteiger charge is -2.39. The molecule has 4 N–H and O–H groups in total. The van der Waals surface area contributed by atoms with Crippen LogP contribution in [0.4, 0.5) is 13.2 Å². The third kappa shape index (κ3) is 4.57. The number of carbonyl (C=O) groups excluding carboxylic acids is 1. The molecule has 2 rings (SSSR count). The Morgan fingerprint density at radius 1 is 1.28 bits per heavy atom. The zero-order valence-corrected chi connectivity index (χ0v) is 13.3. The number of aliphatic hydroxyl groups is 4. The summed E-state index contributed by atoms with van der Waals surface area (Å²) in [4.78, 5) is 11.9. The van der Waals surface area contributed by atoms with E-state index in [9.17, 15) is 33.3 Å². The van der Waals surface area contributed by atoms with Gasteiger partial charge < -0.3 is 29.9 Å².